The number of hydrogen-bond donors (Lipinski definition) is 1. The maximum absolute atomic E-state index is 4.49. The largest absolute Gasteiger partial charge is 0.372 e. The van der Waals surface area contributed by atoms with Gasteiger partial charge in [0.2, 0.25) is 0 Å². The molecule has 0 aromatic rings. The lowest BCUT2D eigenvalue weighted by Crippen LogP contribution is -2.19. The minimum absolute atomic E-state index is 0.937. The van der Waals surface area contributed by atoms with Gasteiger partial charge in [-0.1, -0.05) is 58.8 Å². The summed E-state index contributed by atoms with van der Waals surface area (Å²) in [6.07, 6.45) is 12.3. The van der Waals surface area contributed by atoms with Gasteiger partial charge in [-0.3, -0.25) is 4.99 Å². The average Bonchev–Trinajstić information content (AvgIpc) is 2.85. The van der Waals surface area contributed by atoms with E-state index in [0.29, 0.717) is 0 Å². The second kappa shape index (κ2) is 9.49. The normalized spacial score (nSPS) is 16.7. The van der Waals surface area contributed by atoms with Gasteiger partial charge >= 0.3 is 0 Å². The van der Waals surface area contributed by atoms with E-state index in [1.165, 1.54) is 63.6 Å². The number of amidine groups is 1. The van der Waals surface area contributed by atoms with Crippen molar-refractivity contribution < 1.29 is 0 Å². The van der Waals surface area contributed by atoms with Crippen molar-refractivity contribution in [2.24, 2.45) is 10.9 Å². The molecule has 0 saturated heterocycles. The summed E-state index contributed by atoms with van der Waals surface area (Å²) >= 11 is 0. The van der Waals surface area contributed by atoms with Crippen LogP contribution >= 0.6 is 0 Å². The summed E-state index contributed by atoms with van der Waals surface area (Å²) in [7, 11) is 0. The van der Waals surface area contributed by atoms with Crippen LogP contribution in [0.15, 0.2) is 4.99 Å². The molecule has 1 atom stereocenters. The molecule has 1 aliphatic rings. The lowest BCUT2D eigenvalue weighted by atomic mass is 9.91. The minimum Gasteiger partial charge on any atom is -0.372 e. The van der Waals surface area contributed by atoms with Crippen LogP contribution in [0.5, 0.6) is 0 Å². The van der Waals surface area contributed by atoms with Gasteiger partial charge in [0.25, 0.3) is 0 Å². The average molecular weight is 238 g/mol. The molecule has 1 aliphatic heterocycles. The molecule has 0 aromatic heterocycles. The van der Waals surface area contributed by atoms with E-state index in [0.717, 1.165) is 19.0 Å². The molecule has 1 unspecified atom stereocenters. The summed E-state index contributed by atoms with van der Waals surface area (Å²) in [4.78, 5) is 4.49. The molecule has 0 radical (unpaired) electrons. The lowest BCUT2D eigenvalue weighted by molar-refractivity contribution is 0.395. The Morgan fingerprint density at radius 2 is 1.82 bits per heavy atom. The van der Waals surface area contributed by atoms with Crippen LogP contribution in [0.4, 0.5) is 0 Å². The molecule has 0 spiro atoms. The Bertz CT molecular complexity index is 211. The highest BCUT2D eigenvalue weighted by molar-refractivity contribution is 5.83. The maximum atomic E-state index is 4.49. The molecule has 0 aromatic carbocycles. The minimum atomic E-state index is 0.937. The molecular formula is C15H30N2. The van der Waals surface area contributed by atoms with Crippen molar-refractivity contribution in [2.45, 2.75) is 71.6 Å². The maximum Gasteiger partial charge on any atom is 0.0964 e. The van der Waals surface area contributed by atoms with E-state index in [1.54, 1.807) is 0 Å². The van der Waals surface area contributed by atoms with Gasteiger partial charge in [-0.25, -0.2) is 0 Å². The zero-order valence-corrected chi connectivity index (χ0v) is 11.8. The standard InChI is InChI=1S/C15H30N2/c1-3-5-7-9-14(8-6-4-2)10-11-15-16-12-13-17-15/h14H,3-13H2,1-2H3,(H,16,17). The first-order valence-electron chi connectivity index (χ1n) is 7.64. The van der Waals surface area contributed by atoms with E-state index in [1.807, 2.05) is 0 Å². The van der Waals surface area contributed by atoms with Crippen LogP contribution in [0.25, 0.3) is 0 Å². The van der Waals surface area contributed by atoms with Gasteiger partial charge in [-0.2, -0.15) is 0 Å². The summed E-state index contributed by atoms with van der Waals surface area (Å²) in [5, 5.41) is 3.39. The molecule has 1 N–H and O–H groups in total. The van der Waals surface area contributed by atoms with Crippen molar-refractivity contribution >= 4 is 5.84 Å². The lowest BCUT2D eigenvalue weighted by Gasteiger charge is -2.16. The van der Waals surface area contributed by atoms with Crippen molar-refractivity contribution in [1.29, 1.82) is 0 Å². The number of rotatable bonds is 10. The molecule has 100 valence electrons. The molecule has 2 heteroatoms. The van der Waals surface area contributed by atoms with E-state index in [-0.39, 0.29) is 0 Å². The quantitative estimate of drug-likeness (QED) is 0.568. The summed E-state index contributed by atoms with van der Waals surface area (Å²) in [6, 6.07) is 0. The first kappa shape index (κ1) is 14.5. The van der Waals surface area contributed by atoms with Gasteiger partial charge in [-0.05, 0) is 12.3 Å². The number of hydrogen-bond acceptors (Lipinski definition) is 2. The Morgan fingerprint density at radius 1 is 1.06 bits per heavy atom. The fraction of sp³-hybridized carbons (Fsp3) is 0.933. The number of nitrogens with zero attached hydrogens (tertiary/aromatic N) is 1. The highest BCUT2D eigenvalue weighted by Gasteiger charge is 2.11. The Labute approximate surface area is 107 Å². The Hall–Kier alpha value is -0.530. The summed E-state index contributed by atoms with van der Waals surface area (Å²) in [5.74, 6) is 2.20. The Kier molecular flexibility index (Phi) is 8.12. The van der Waals surface area contributed by atoms with Gasteiger partial charge < -0.3 is 5.32 Å². The summed E-state index contributed by atoms with van der Waals surface area (Å²) in [6.45, 7) is 6.64. The number of nitrogens with one attached hydrogen (secondary N) is 1. The molecule has 0 aliphatic carbocycles. The van der Waals surface area contributed by atoms with E-state index in [4.69, 9.17) is 0 Å². The van der Waals surface area contributed by atoms with Gasteiger partial charge in [0.05, 0.1) is 12.4 Å². The predicted octanol–water partition coefficient (Wildman–Crippen LogP) is 4.16. The monoisotopic (exact) mass is 238 g/mol. The Morgan fingerprint density at radius 3 is 2.47 bits per heavy atom. The molecule has 1 rings (SSSR count). The van der Waals surface area contributed by atoms with Crippen LogP contribution in [0.3, 0.4) is 0 Å². The topological polar surface area (TPSA) is 24.4 Å². The number of unbranched alkanes of at least 4 members (excludes halogenated alkanes) is 3. The fourth-order valence-corrected chi connectivity index (χ4v) is 2.56. The third kappa shape index (κ3) is 6.70. The molecular weight excluding hydrogens is 208 g/mol. The highest BCUT2D eigenvalue weighted by Crippen LogP contribution is 2.22. The second-order valence-electron chi connectivity index (χ2n) is 5.30. The molecule has 17 heavy (non-hydrogen) atoms. The SMILES string of the molecule is CCCCCC(CCCC)CCC1=NCCN1. The highest BCUT2D eigenvalue weighted by atomic mass is 15.1. The molecule has 0 bridgehead atoms. The van der Waals surface area contributed by atoms with Gasteiger partial charge in [0.15, 0.2) is 0 Å². The predicted molar refractivity (Wildman–Crippen MR) is 76.7 cm³/mol. The first-order chi connectivity index (χ1) is 8.36. The molecule has 0 fully saturated rings. The third-order valence-electron chi connectivity index (χ3n) is 3.71. The van der Waals surface area contributed by atoms with Crippen molar-refractivity contribution in [1.82, 2.24) is 5.32 Å². The van der Waals surface area contributed by atoms with Crippen molar-refractivity contribution in [3.8, 4) is 0 Å². The Balaban J connectivity index is 2.18. The van der Waals surface area contributed by atoms with Crippen LogP contribution in [0.2, 0.25) is 0 Å². The van der Waals surface area contributed by atoms with E-state index < -0.39 is 0 Å². The smallest absolute Gasteiger partial charge is 0.0964 e. The zero-order chi connectivity index (χ0) is 12.3. The number of aliphatic imine (C=N–C) groups is 1. The van der Waals surface area contributed by atoms with E-state index in [9.17, 15) is 0 Å². The molecule has 2 nitrogen and oxygen atoms in total. The van der Waals surface area contributed by atoms with Crippen molar-refractivity contribution in [3.05, 3.63) is 0 Å². The van der Waals surface area contributed by atoms with Crippen molar-refractivity contribution in [2.75, 3.05) is 13.1 Å². The van der Waals surface area contributed by atoms with Crippen LogP contribution in [-0.4, -0.2) is 18.9 Å². The molecule has 0 saturated carbocycles. The van der Waals surface area contributed by atoms with Gasteiger partial charge in [0.1, 0.15) is 0 Å². The summed E-state index contributed by atoms with van der Waals surface area (Å²) < 4.78 is 0. The zero-order valence-electron chi connectivity index (χ0n) is 11.8. The van der Waals surface area contributed by atoms with Gasteiger partial charge in [-0.15, -0.1) is 0 Å². The van der Waals surface area contributed by atoms with Crippen LogP contribution in [0, 0.1) is 5.92 Å². The molecule has 1 heterocycles. The summed E-state index contributed by atoms with van der Waals surface area (Å²) in [5.41, 5.74) is 0. The molecule has 0 amide bonds. The second-order valence-corrected chi connectivity index (χ2v) is 5.30. The third-order valence-corrected chi connectivity index (χ3v) is 3.71. The van der Waals surface area contributed by atoms with Crippen LogP contribution < -0.4 is 5.32 Å². The fourth-order valence-electron chi connectivity index (χ4n) is 2.56. The van der Waals surface area contributed by atoms with Gasteiger partial charge in [0, 0.05) is 13.0 Å². The first-order valence-corrected chi connectivity index (χ1v) is 7.64. The van der Waals surface area contributed by atoms with E-state index in [2.05, 4.69) is 24.2 Å². The van der Waals surface area contributed by atoms with E-state index >= 15 is 0 Å². The van der Waals surface area contributed by atoms with Crippen LogP contribution in [0.1, 0.15) is 71.6 Å². The van der Waals surface area contributed by atoms with Crippen molar-refractivity contribution in [3.63, 3.8) is 0 Å². The van der Waals surface area contributed by atoms with Crippen LogP contribution in [-0.2, 0) is 0 Å².